The number of rotatable bonds is 6. The molecule has 0 bridgehead atoms. The van der Waals surface area contributed by atoms with Gasteiger partial charge in [-0.05, 0) is 17.7 Å². The summed E-state index contributed by atoms with van der Waals surface area (Å²) in [7, 11) is 0. The van der Waals surface area contributed by atoms with E-state index >= 15 is 0 Å². The quantitative estimate of drug-likeness (QED) is 0.556. The molecule has 1 atom stereocenters. The van der Waals surface area contributed by atoms with Gasteiger partial charge in [0.1, 0.15) is 0 Å². The molecule has 8 heteroatoms. The molecule has 0 aliphatic carbocycles. The standard InChI is InChI=1S/C18H23N3O5/c1-2-5-19-17(22)18(23)20-11-14(21-6-8-24-9-7-21)13-3-4-15-16(10-13)26-12-25-15/h2-4,10,14H,1,5-9,11-12H2,(H,19,22)(H,20,23)/t14-/m0/s1. The van der Waals surface area contributed by atoms with Crippen LogP contribution in [-0.4, -0.2) is 62.9 Å². The lowest BCUT2D eigenvalue weighted by molar-refractivity contribution is -0.139. The monoisotopic (exact) mass is 361 g/mol. The van der Waals surface area contributed by atoms with Crippen LogP contribution in [0.1, 0.15) is 11.6 Å². The number of morpholine rings is 1. The zero-order valence-electron chi connectivity index (χ0n) is 14.5. The molecule has 2 heterocycles. The second kappa shape index (κ2) is 8.68. The van der Waals surface area contributed by atoms with E-state index in [-0.39, 0.29) is 19.4 Å². The fourth-order valence-corrected chi connectivity index (χ4v) is 2.98. The Balaban J connectivity index is 1.70. The van der Waals surface area contributed by atoms with Crippen LogP contribution in [0.5, 0.6) is 11.5 Å². The molecule has 2 N–H and O–H groups in total. The summed E-state index contributed by atoms with van der Waals surface area (Å²) in [4.78, 5) is 26.0. The van der Waals surface area contributed by atoms with Gasteiger partial charge in [0.25, 0.3) is 0 Å². The SMILES string of the molecule is C=CCNC(=O)C(=O)NC[C@@H](c1ccc2c(c1)OCO2)N1CCOCC1. The van der Waals surface area contributed by atoms with Gasteiger partial charge in [-0.1, -0.05) is 12.1 Å². The fraction of sp³-hybridized carbons (Fsp3) is 0.444. The van der Waals surface area contributed by atoms with Crippen molar-refractivity contribution in [3.8, 4) is 11.5 Å². The van der Waals surface area contributed by atoms with Gasteiger partial charge in [0.2, 0.25) is 6.79 Å². The van der Waals surface area contributed by atoms with Gasteiger partial charge in [-0.2, -0.15) is 0 Å². The number of benzene rings is 1. The van der Waals surface area contributed by atoms with Crippen LogP contribution in [0.25, 0.3) is 0 Å². The molecule has 2 aliphatic heterocycles. The Morgan fingerprint density at radius 3 is 2.65 bits per heavy atom. The highest BCUT2D eigenvalue weighted by atomic mass is 16.7. The zero-order chi connectivity index (χ0) is 18.4. The van der Waals surface area contributed by atoms with Gasteiger partial charge in [0.05, 0.1) is 19.3 Å². The van der Waals surface area contributed by atoms with Gasteiger partial charge in [0.15, 0.2) is 11.5 Å². The number of hydrogen-bond acceptors (Lipinski definition) is 6. The van der Waals surface area contributed by atoms with Crippen molar-refractivity contribution in [3.05, 3.63) is 36.4 Å². The predicted octanol–water partition coefficient (Wildman–Crippen LogP) is 0.207. The number of ether oxygens (including phenoxy) is 3. The van der Waals surface area contributed by atoms with Crippen molar-refractivity contribution in [2.24, 2.45) is 0 Å². The summed E-state index contributed by atoms with van der Waals surface area (Å²) in [5, 5.41) is 5.19. The molecule has 0 aromatic heterocycles. The summed E-state index contributed by atoms with van der Waals surface area (Å²) in [6.45, 7) is 7.04. The van der Waals surface area contributed by atoms with Crippen molar-refractivity contribution in [3.63, 3.8) is 0 Å². The third kappa shape index (κ3) is 4.33. The summed E-state index contributed by atoms with van der Waals surface area (Å²) in [5.41, 5.74) is 0.989. The van der Waals surface area contributed by atoms with Gasteiger partial charge < -0.3 is 24.8 Å². The average Bonchev–Trinajstić information content (AvgIpc) is 3.15. The van der Waals surface area contributed by atoms with E-state index < -0.39 is 11.8 Å². The minimum atomic E-state index is -0.670. The Kier molecular flexibility index (Phi) is 6.08. The third-order valence-corrected chi connectivity index (χ3v) is 4.34. The van der Waals surface area contributed by atoms with Crippen molar-refractivity contribution in [2.45, 2.75) is 6.04 Å². The summed E-state index contributed by atoms with van der Waals surface area (Å²) in [6.07, 6.45) is 1.52. The van der Waals surface area contributed by atoms with Crippen LogP contribution < -0.4 is 20.1 Å². The van der Waals surface area contributed by atoms with Gasteiger partial charge in [-0.3, -0.25) is 14.5 Å². The van der Waals surface area contributed by atoms with Crippen molar-refractivity contribution in [2.75, 3.05) is 46.2 Å². The predicted molar refractivity (Wildman–Crippen MR) is 93.9 cm³/mol. The minimum Gasteiger partial charge on any atom is -0.454 e. The summed E-state index contributed by atoms with van der Waals surface area (Å²) in [6, 6.07) is 5.65. The summed E-state index contributed by atoms with van der Waals surface area (Å²) < 4.78 is 16.2. The first-order valence-corrected chi connectivity index (χ1v) is 8.57. The maximum absolute atomic E-state index is 12.0. The molecule has 140 valence electrons. The normalized spacial score (nSPS) is 17.4. The van der Waals surface area contributed by atoms with Crippen LogP contribution in [-0.2, 0) is 14.3 Å². The van der Waals surface area contributed by atoms with Gasteiger partial charge in [-0.15, -0.1) is 6.58 Å². The Labute approximate surface area is 152 Å². The number of nitrogens with zero attached hydrogens (tertiary/aromatic N) is 1. The molecule has 1 saturated heterocycles. The van der Waals surface area contributed by atoms with Crippen LogP contribution in [0.4, 0.5) is 0 Å². The van der Waals surface area contributed by atoms with Crippen molar-refractivity contribution >= 4 is 11.8 Å². The highest BCUT2D eigenvalue weighted by Crippen LogP contribution is 2.35. The Bertz CT molecular complexity index is 673. The lowest BCUT2D eigenvalue weighted by Crippen LogP contribution is -2.46. The first kappa shape index (κ1) is 18.2. The molecular formula is C18H23N3O5. The number of nitrogens with one attached hydrogen (secondary N) is 2. The molecule has 2 amide bonds. The van der Waals surface area contributed by atoms with Crippen molar-refractivity contribution in [1.29, 1.82) is 0 Å². The second-order valence-corrected chi connectivity index (χ2v) is 5.99. The molecule has 8 nitrogen and oxygen atoms in total. The molecule has 26 heavy (non-hydrogen) atoms. The first-order chi connectivity index (χ1) is 12.7. The Morgan fingerprint density at radius 2 is 1.88 bits per heavy atom. The molecule has 0 radical (unpaired) electrons. The first-order valence-electron chi connectivity index (χ1n) is 8.57. The Morgan fingerprint density at radius 1 is 1.15 bits per heavy atom. The van der Waals surface area contributed by atoms with E-state index in [1.165, 1.54) is 6.08 Å². The number of hydrogen-bond donors (Lipinski definition) is 2. The van der Waals surface area contributed by atoms with E-state index in [0.29, 0.717) is 31.3 Å². The third-order valence-electron chi connectivity index (χ3n) is 4.34. The van der Waals surface area contributed by atoms with E-state index in [4.69, 9.17) is 14.2 Å². The van der Waals surface area contributed by atoms with Gasteiger partial charge in [-0.25, -0.2) is 0 Å². The molecule has 1 aromatic carbocycles. The van der Waals surface area contributed by atoms with Crippen LogP contribution in [0.2, 0.25) is 0 Å². The largest absolute Gasteiger partial charge is 0.454 e. The van der Waals surface area contributed by atoms with Crippen LogP contribution in [0.15, 0.2) is 30.9 Å². The van der Waals surface area contributed by atoms with Crippen LogP contribution in [0.3, 0.4) is 0 Å². The van der Waals surface area contributed by atoms with E-state index in [1.54, 1.807) is 0 Å². The molecule has 2 aliphatic rings. The minimum absolute atomic E-state index is 0.0930. The molecule has 1 aromatic rings. The van der Waals surface area contributed by atoms with E-state index in [0.717, 1.165) is 18.7 Å². The number of amides is 2. The van der Waals surface area contributed by atoms with E-state index in [2.05, 4.69) is 22.1 Å². The van der Waals surface area contributed by atoms with Crippen molar-refractivity contribution < 1.29 is 23.8 Å². The second-order valence-electron chi connectivity index (χ2n) is 5.99. The average molecular weight is 361 g/mol. The number of carbonyl (C=O) groups excluding carboxylic acids is 2. The zero-order valence-corrected chi connectivity index (χ0v) is 14.5. The summed E-state index contributed by atoms with van der Waals surface area (Å²) in [5.74, 6) is 0.0697. The Hall–Kier alpha value is -2.58. The highest BCUT2D eigenvalue weighted by Gasteiger charge is 2.26. The lowest BCUT2D eigenvalue weighted by Gasteiger charge is -2.34. The lowest BCUT2D eigenvalue weighted by atomic mass is 10.0. The number of carbonyl (C=O) groups is 2. The van der Waals surface area contributed by atoms with Crippen LogP contribution >= 0.6 is 0 Å². The fourth-order valence-electron chi connectivity index (χ4n) is 2.98. The van der Waals surface area contributed by atoms with E-state index in [1.807, 2.05) is 18.2 Å². The van der Waals surface area contributed by atoms with E-state index in [9.17, 15) is 9.59 Å². The summed E-state index contributed by atoms with van der Waals surface area (Å²) >= 11 is 0. The maximum Gasteiger partial charge on any atom is 0.309 e. The molecule has 1 fully saturated rings. The molecule has 0 unspecified atom stereocenters. The molecule has 3 rings (SSSR count). The van der Waals surface area contributed by atoms with Crippen molar-refractivity contribution in [1.82, 2.24) is 15.5 Å². The van der Waals surface area contributed by atoms with Crippen LogP contribution in [0, 0.1) is 0 Å². The molecule has 0 spiro atoms. The smallest absolute Gasteiger partial charge is 0.309 e. The van der Waals surface area contributed by atoms with Gasteiger partial charge in [0, 0.05) is 26.2 Å². The molecular weight excluding hydrogens is 338 g/mol. The molecule has 0 saturated carbocycles. The topological polar surface area (TPSA) is 89.1 Å². The highest BCUT2D eigenvalue weighted by molar-refractivity contribution is 6.35. The number of fused-ring (bicyclic) bond motifs is 1. The van der Waals surface area contributed by atoms with Gasteiger partial charge >= 0.3 is 11.8 Å². The maximum atomic E-state index is 12.0.